The van der Waals surface area contributed by atoms with Crippen molar-refractivity contribution in [2.45, 2.75) is 38.4 Å². The van der Waals surface area contributed by atoms with Crippen LogP contribution < -0.4 is 10.1 Å². The second-order valence-corrected chi connectivity index (χ2v) is 4.64. The standard InChI is InChI=1S/C14H19F4NO/c1-10(19-8-4-3-7-14(16,17)18)11-5-6-13(20-2)12(15)9-11/h5-6,9-10,19H,3-4,7-8H2,1-2H3. The Bertz CT molecular complexity index is 420. The number of nitrogens with one attached hydrogen (secondary N) is 1. The number of ether oxygens (including phenoxy) is 1. The molecule has 0 spiro atoms. The minimum absolute atomic E-state index is 0.0974. The second-order valence-electron chi connectivity index (χ2n) is 4.64. The van der Waals surface area contributed by atoms with Gasteiger partial charge in [0.15, 0.2) is 11.6 Å². The number of alkyl halides is 3. The van der Waals surface area contributed by atoms with E-state index in [1.807, 2.05) is 6.92 Å². The van der Waals surface area contributed by atoms with Crippen molar-refractivity contribution in [2.24, 2.45) is 0 Å². The lowest BCUT2D eigenvalue weighted by molar-refractivity contribution is -0.135. The molecule has 0 amide bonds. The van der Waals surface area contributed by atoms with E-state index in [-0.39, 0.29) is 18.2 Å². The average Bonchev–Trinajstić information content (AvgIpc) is 2.36. The molecule has 0 aliphatic heterocycles. The van der Waals surface area contributed by atoms with Gasteiger partial charge >= 0.3 is 6.18 Å². The first-order chi connectivity index (χ1) is 9.33. The van der Waals surface area contributed by atoms with Crippen LogP contribution in [0.3, 0.4) is 0 Å². The highest BCUT2D eigenvalue weighted by Crippen LogP contribution is 2.23. The summed E-state index contributed by atoms with van der Waals surface area (Å²) in [7, 11) is 1.39. The van der Waals surface area contributed by atoms with Crippen LogP contribution in [-0.4, -0.2) is 19.8 Å². The van der Waals surface area contributed by atoms with Gasteiger partial charge in [-0.2, -0.15) is 13.2 Å². The van der Waals surface area contributed by atoms with Gasteiger partial charge in [-0.3, -0.25) is 0 Å². The van der Waals surface area contributed by atoms with E-state index >= 15 is 0 Å². The average molecular weight is 293 g/mol. The molecule has 1 rings (SSSR count). The molecule has 1 aromatic carbocycles. The van der Waals surface area contributed by atoms with E-state index in [9.17, 15) is 17.6 Å². The van der Waals surface area contributed by atoms with E-state index < -0.39 is 18.4 Å². The Morgan fingerprint density at radius 2 is 1.95 bits per heavy atom. The normalized spacial score (nSPS) is 13.3. The van der Waals surface area contributed by atoms with Crippen LogP contribution in [0.15, 0.2) is 18.2 Å². The summed E-state index contributed by atoms with van der Waals surface area (Å²) in [6.45, 7) is 2.30. The summed E-state index contributed by atoms with van der Waals surface area (Å²) >= 11 is 0. The lowest BCUT2D eigenvalue weighted by Gasteiger charge is -2.15. The smallest absolute Gasteiger partial charge is 0.389 e. The third-order valence-electron chi connectivity index (χ3n) is 3.01. The molecule has 1 unspecified atom stereocenters. The predicted octanol–water partition coefficient (Wildman–Crippen LogP) is 4.22. The van der Waals surface area contributed by atoms with Gasteiger partial charge in [-0.15, -0.1) is 0 Å². The molecule has 6 heteroatoms. The Morgan fingerprint density at radius 3 is 2.50 bits per heavy atom. The number of halogens is 4. The minimum Gasteiger partial charge on any atom is -0.494 e. The van der Waals surface area contributed by atoms with Gasteiger partial charge in [0.1, 0.15) is 0 Å². The Kier molecular flexibility index (Phi) is 6.26. The van der Waals surface area contributed by atoms with Gasteiger partial charge < -0.3 is 10.1 Å². The quantitative estimate of drug-likeness (QED) is 0.600. The molecule has 0 aliphatic rings. The fourth-order valence-electron chi connectivity index (χ4n) is 1.84. The van der Waals surface area contributed by atoms with E-state index in [2.05, 4.69) is 5.32 Å². The van der Waals surface area contributed by atoms with Gasteiger partial charge in [0.05, 0.1) is 7.11 Å². The molecule has 0 saturated carbocycles. The van der Waals surface area contributed by atoms with Crippen LogP contribution >= 0.6 is 0 Å². The highest BCUT2D eigenvalue weighted by atomic mass is 19.4. The van der Waals surface area contributed by atoms with Crippen molar-refractivity contribution >= 4 is 0 Å². The Hall–Kier alpha value is -1.30. The topological polar surface area (TPSA) is 21.3 Å². The fraction of sp³-hybridized carbons (Fsp3) is 0.571. The van der Waals surface area contributed by atoms with Crippen molar-refractivity contribution in [2.75, 3.05) is 13.7 Å². The minimum atomic E-state index is -4.09. The number of benzene rings is 1. The van der Waals surface area contributed by atoms with Gasteiger partial charge in [0, 0.05) is 12.5 Å². The zero-order valence-electron chi connectivity index (χ0n) is 11.6. The lowest BCUT2D eigenvalue weighted by Crippen LogP contribution is -2.20. The first kappa shape index (κ1) is 16.8. The van der Waals surface area contributed by atoms with Crippen LogP contribution in [0.1, 0.15) is 37.8 Å². The first-order valence-electron chi connectivity index (χ1n) is 6.47. The number of hydrogen-bond acceptors (Lipinski definition) is 2. The third-order valence-corrected chi connectivity index (χ3v) is 3.01. The van der Waals surface area contributed by atoms with Crippen molar-refractivity contribution in [3.8, 4) is 5.75 Å². The lowest BCUT2D eigenvalue weighted by atomic mass is 10.1. The fourth-order valence-corrected chi connectivity index (χ4v) is 1.84. The summed E-state index contributed by atoms with van der Waals surface area (Å²) in [5.74, 6) is -0.276. The van der Waals surface area contributed by atoms with Crippen molar-refractivity contribution in [3.63, 3.8) is 0 Å². The maximum absolute atomic E-state index is 13.5. The second kappa shape index (κ2) is 7.47. The van der Waals surface area contributed by atoms with Crippen LogP contribution in [0.25, 0.3) is 0 Å². The summed E-state index contributed by atoms with van der Waals surface area (Å²) in [5, 5.41) is 3.08. The van der Waals surface area contributed by atoms with Crippen molar-refractivity contribution in [3.05, 3.63) is 29.6 Å². The van der Waals surface area contributed by atoms with Gasteiger partial charge in [-0.25, -0.2) is 4.39 Å². The highest BCUT2D eigenvalue weighted by Gasteiger charge is 2.25. The number of unbranched alkanes of at least 4 members (excludes halogenated alkanes) is 1. The van der Waals surface area contributed by atoms with E-state index in [0.29, 0.717) is 13.0 Å². The van der Waals surface area contributed by atoms with Crippen molar-refractivity contribution < 1.29 is 22.3 Å². The first-order valence-corrected chi connectivity index (χ1v) is 6.47. The molecule has 0 heterocycles. The molecule has 0 saturated heterocycles. The molecular weight excluding hydrogens is 274 g/mol. The molecule has 2 nitrogen and oxygen atoms in total. The number of methoxy groups -OCH3 is 1. The Labute approximate surface area is 116 Å². The molecule has 20 heavy (non-hydrogen) atoms. The van der Waals surface area contributed by atoms with Gasteiger partial charge in [-0.1, -0.05) is 6.07 Å². The predicted molar refractivity (Wildman–Crippen MR) is 69.3 cm³/mol. The Morgan fingerprint density at radius 1 is 1.25 bits per heavy atom. The zero-order valence-corrected chi connectivity index (χ0v) is 11.6. The molecule has 0 radical (unpaired) electrons. The van der Waals surface area contributed by atoms with Crippen molar-refractivity contribution in [1.29, 1.82) is 0 Å². The molecule has 0 fully saturated rings. The SMILES string of the molecule is COc1ccc(C(C)NCCCCC(F)(F)F)cc1F. The van der Waals surface area contributed by atoms with Gasteiger partial charge in [-0.05, 0) is 44.0 Å². The molecule has 0 aromatic heterocycles. The third kappa shape index (κ3) is 5.77. The molecule has 1 N–H and O–H groups in total. The summed E-state index contributed by atoms with van der Waals surface area (Å²) in [6.07, 6.45) is -4.33. The molecule has 114 valence electrons. The number of rotatable bonds is 7. The molecule has 1 aromatic rings. The van der Waals surface area contributed by atoms with E-state index in [4.69, 9.17) is 4.74 Å². The zero-order chi connectivity index (χ0) is 15.2. The summed E-state index contributed by atoms with van der Waals surface area (Å²) < 4.78 is 54.2. The molecule has 0 aliphatic carbocycles. The summed E-state index contributed by atoms with van der Waals surface area (Å²) in [6, 6.07) is 4.51. The molecule has 0 bridgehead atoms. The molecule has 1 atom stereocenters. The van der Waals surface area contributed by atoms with Crippen LogP contribution in [0.2, 0.25) is 0 Å². The van der Waals surface area contributed by atoms with Crippen LogP contribution in [0, 0.1) is 5.82 Å². The van der Waals surface area contributed by atoms with Crippen LogP contribution in [0.5, 0.6) is 5.75 Å². The summed E-state index contributed by atoms with van der Waals surface area (Å²) in [5.41, 5.74) is 0.735. The highest BCUT2D eigenvalue weighted by molar-refractivity contribution is 5.30. The summed E-state index contributed by atoms with van der Waals surface area (Å²) in [4.78, 5) is 0. The van der Waals surface area contributed by atoms with Crippen LogP contribution in [0.4, 0.5) is 17.6 Å². The van der Waals surface area contributed by atoms with Crippen molar-refractivity contribution in [1.82, 2.24) is 5.32 Å². The van der Waals surface area contributed by atoms with Gasteiger partial charge in [0.25, 0.3) is 0 Å². The monoisotopic (exact) mass is 293 g/mol. The Balaban J connectivity index is 2.36. The van der Waals surface area contributed by atoms with E-state index in [1.54, 1.807) is 6.07 Å². The number of hydrogen-bond donors (Lipinski definition) is 1. The van der Waals surface area contributed by atoms with Gasteiger partial charge in [0.2, 0.25) is 0 Å². The maximum Gasteiger partial charge on any atom is 0.389 e. The largest absolute Gasteiger partial charge is 0.494 e. The maximum atomic E-state index is 13.5. The van der Waals surface area contributed by atoms with E-state index in [1.165, 1.54) is 19.2 Å². The van der Waals surface area contributed by atoms with Crippen LogP contribution in [-0.2, 0) is 0 Å². The van der Waals surface area contributed by atoms with E-state index in [0.717, 1.165) is 5.56 Å². The molecular formula is C14H19F4NO.